The lowest BCUT2D eigenvalue weighted by atomic mass is 10.1. The van der Waals surface area contributed by atoms with Crippen molar-refractivity contribution in [1.29, 1.82) is 0 Å². The predicted octanol–water partition coefficient (Wildman–Crippen LogP) is 5.32. The van der Waals surface area contributed by atoms with E-state index in [4.69, 9.17) is 16.3 Å². The van der Waals surface area contributed by atoms with E-state index in [9.17, 15) is 0 Å². The molecule has 0 aliphatic heterocycles. The molecule has 0 atom stereocenters. The molecule has 0 bridgehead atoms. The molecular formula is C17H13BrClNO. The number of benzene rings is 2. The first-order valence-electron chi connectivity index (χ1n) is 6.58. The number of halogens is 2. The van der Waals surface area contributed by atoms with Gasteiger partial charge in [0.05, 0.1) is 0 Å². The maximum absolute atomic E-state index is 5.96. The number of ether oxygens (including phenoxy) is 1. The van der Waals surface area contributed by atoms with Gasteiger partial charge >= 0.3 is 0 Å². The molecule has 0 fully saturated rings. The van der Waals surface area contributed by atoms with Crippen LogP contribution < -0.4 is 4.74 Å². The normalized spacial score (nSPS) is 10.8. The third kappa shape index (κ3) is 3.20. The predicted molar refractivity (Wildman–Crippen MR) is 89.8 cm³/mol. The van der Waals surface area contributed by atoms with Gasteiger partial charge in [-0.3, -0.25) is 0 Å². The highest BCUT2D eigenvalue weighted by Gasteiger charge is 2.08. The van der Waals surface area contributed by atoms with Crippen molar-refractivity contribution in [2.24, 2.45) is 0 Å². The van der Waals surface area contributed by atoms with E-state index in [0.29, 0.717) is 18.4 Å². The lowest BCUT2D eigenvalue weighted by Gasteiger charge is -2.10. The van der Waals surface area contributed by atoms with E-state index in [1.807, 2.05) is 48.5 Å². The summed E-state index contributed by atoms with van der Waals surface area (Å²) >= 11 is 9.42. The quantitative estimate of drug-likeness (QED) is 0.586. The summed E-state index contributed by atoms with van der Waals surface area (Å²) in [4.78, 5) is 4.40. The highest BCUT2D eigenvalue weighted by atomic mass is 79.9. The summed E-state index contributed by atoms with van der Waals surface area (Å²) in [6.07, 6.45) is 1.78. The molecule has 0 radical (unpaired) electrons. The summed E-state index contributed by atoms with van der Waals surface area (Å²) in [6, 6.07) is 16.1. The Morgan fingerprint density at radius 2 is 1.86 bits per heavy atom. The summed E-state index contributed by atoms with van der Waals surface area (Å²) in [5.41, 5.74) is 2.11. The molecule has 21 heavy (non-hydrogen) atoms. The average Bonchev–Trinajstić information content (AvgIpc) is 2.52. The molecule has 106 valence electrons. The molecule has 0 unspecified atom stereocenters. The number of pyridine rings is 1. The van der Waals surface area contributed by atoms with Gasteiger partial charge in [-0.15, -0.1) is 11.6 Å². The summed E-state index contributed by atoms with van der Waals surface area (Å²) in [5, 5.41) is 2.08. The third-order valence-electron chi connectivity index (χ3n) is 3.25. The zero-order valence-electron chi connectivity index (χ0n) is 11.2. The molecule has 1 aromatic heterocycles. The number of nitrogens with zero attached hydrogens (tertiary/aromatic N) is 1. The number of alkyl halides is 1. The summed E-state index contributed by atoms with van der Waals surface area (Å²) in [7, 11) is 0. The molecule has 3 aromatic rings. The van der Waals surface area contributed by atoms with Gasteiger partial charge in [0.25, 0.3) is 0 Å². The van der Waals surface area contributed by atoms with Crippen LogP contribution in [0.25, 0.3) is 10.8 Å². The van der Waals surface area contributed by atoms with Gasteiger partial charge < -0.3 is 4.74 Å². The fourth-order valence-corrected chi connectivity index (χ4v) is 2.88. The van der Waals surface area contributed by atoms with Gasteiger partial charge in [-0.25, -0.2) is 4.98 Å². The van der Waals surface area contributed by atoms with Gasteiger partial charge in [-0.05, 0) is 34.7 Å². The number of aromatic nitrogens is 1. The zero-order chi connectivity index (χ0) is 14.7. The molecule has 0 N–H and O–H groups in total. The molecule has 4 heteroatoms. The second kappa shape index (κ2) is 6.46. The van der Waals surface area contributed by atoms with Crippen molar-refractivity contribution in [3.05, 3.63) is 70.3 Å². The van der Waals surface area contributed by atoms with Crippen molar-refractivity contribution in [1.82, 2.24) is 4.98 Å². The highest BCUT2D eigenvalue weighted by Crippen LogP contribution is 2.27. The van der Waals surface area contributed by atoms with Crippen molar-refractivity contribution < 1.29 is 4.74 Å². The smallest absolute Gasteiger partial charge is 0.221 e. The van der Waals surface area contributed by atoms with Crippen molar-refractivity contribution in [3.8, 4) is 5.88 Å². The maximum Gasteiger partial charge on any atom is 0.221 e. The van der Waals surface area contributed by atoms with E-state index in [1.54, 1.807) is 6.20 Å². The van der Waals surface area contributed by atoms with Crippen LogP contribution in [-0.2, 0) is 12.5 Å². The van der Waals surface area contributed by atoms with Crippen LogP contribution in [0.4, 0.5) is 0 Å². The maximum atomic E-state index is 5.96. The van der Waals surface area contributed by atoms with E-state index in [2.05, 4.69) is 20.9 Å². The number of fused-ring (bicyclic) bond motifs is 1. The van der Waals surface area contributed by atoms with Crippen molar-refractivity contribution in [2.75, 3.05) is 0 Å². The van der Waals surface area contributed by atoms with Crippen LogP contribution >= 0.6 is 27.5 Å². The van der Waals surface area contributed by atoms with Crippen LogP contribution in [-0.4, -0.2) is 4.98 Å². The van der Waals surface area contributed by atoms with Crippen LogP contribution in [0.5, 0.6) is 5.88 Å². The zero-order valence-corrected chi connectivity index (χ0v) is 13.6. The van der Waals surface area contributed by atoms with Gasteiger partial charge in [-0.2, -0.15) is 0 Å². The second-order valence-electron chi connectivity index (χ2n) is 4.69. The molecule has 2 aromatic carbocycles. The molecule has 0 saturated carbocycles. The number of hydrogen-bond acceptors (Lipinski definition) is 2. The van der Waals surface area contributed by atoms with Crippen molar-refractivity contribution in [2.45, 2.75) is 12.5 Å². The lowest BCUT2D eigenvalue weighted by Crippen LogP contribution is -1.99. The van der Waals surface area contributed by atoms with E-state index >= 15 is 0 Å². The third-order valence-corrected chi connectivity index (χ3v) is 4.03. The molecule has 2 nitrogen and oxygen atoms in total. The largest absolute Gasteiger partial charge is 0.472 e. The average molecular weight is 363 g/mol. The van der Waals surface area contributed by atoms with E-state index < -0.39 is 0 Å². The van der Waals surface area contributed by atoms with Gasteiger partial charge in [-0.1, -0.05) is 46.3 Å². The SMILES string of the molecule is ClCc1cnc(OCc2cccc(Br)c2)c2ccccc12. The standard InChI is InChI=1S/C17H13BrClNO/c18-14-5-3-4-12(8-14)11-21-17-16-7-2-1-6-15(16)13(9-19)10-20-17/h1-8,10H,9,11H2. The summed E-state index contributed by atoms with van der Waals surface area (Å²) in [5.74, 6) is 1.08. The van der Waals surface area contributed by atoms with Gasteiger partial charge in [0.1, 0.15) is 6.61 Å². The minimum atomic E-state index is 0.444. The van der Waals surface area contributed by atoms with Crippen LogP contribution in [0.2, 0.25) is 0 Å². The first-order chi connectivity index (χ1) is 10.3. The Morgan fingerprint density at radius 3 is 2.62 bits per heavy atom. The van der Waals surface area contributed by atoms with Gasteiger partial charge in [0.2, 0.25) is 5.88 Å². The van der Waals surface area contributed by atoms with Crippen molar-refractivity contribution >= 4 is 38.3 Å². The Labute approximate surface area is 136 Å². The first-order valence-corrected chi connectivity index (χ1v) is 7.90. The minimum absolute atomic E-state index is 0.444. The van der Waals surface area contributed by atoms with Crippen molar-refractivity contribution in [3.63, 3.8) is 0 Å². The highest BCUT2D eigenvalue weighted by molar-refractivity contribution is 9.10. The molecule has 0 aliphatic carbocycles. The topological polar surface area (TPSA) is 22.1 Å². The van der Waals surface area contributed by atoms with E-state index in [-0.39, 0.29) is 0 Å². The number of rotatable bonds is 4. The molecule has 0 aliphatic rings. The Balaban J connectivity index is 1.91. The second-order valence-corrected chi connectivity index (χ2v) is 5.87. The lowest BCUT2D eigenvalue weighted by molar-refractivity contribution is 0.298. The summed E-state index contributed by atoms with van der Waals surface area (Å²) < 4.78 is 6.93. The number of hydrogen-bond donors (Lipinski definition) is 0. The Hall–Kier alpha value is -1.58. The molecule has 3 rings (SSSR count). The summed E-state index contributed by atoms with van der Waals surface area (Å²) in [6.45, 7) is 0.483. The van der Waals surface area contributed by atoms with Crippen LogP contribution in [0.15, 0.2) is 59.2 Å². The Morgan fingerprint density at radius 1 is 1.05 bits per heavy atom. The van der Waals surface area contributed by atoms with Crippen LogP contribution in [0, 0.1) is 0 Å². The van der Waals surface area contributed by atoms with Gasteiger partial charge in [0.15, 0.2) is 0 Å². The Bertz CT molecular complexity index is 776. The molecule has 0 spiro atoms. The monoisotopic (exact) mass is 361 g/mol. The van der Waals surface area contributed by atoms with Gasteiger partial charge in [0, 0.05) is 21.9 Å². The molecular weight excluding hydrogens is 350 g/mol. The first kappa shape index (κ1) is 14.4. The molecule has 0 saturated heterocycles. The molecule has 0 amide bonds. The van der Waals surface area contributed by atoms with E-state index in [1.165, 1.54) is 0 Å². The molecule has 1 heterocycles. The minimum Gasteiger partial charge on any atom is -0.472 e. The fourth-order valence-electron chi connectivity index (χ4n) is 2.23. The fraction of sp³-hybridized carbons (Fsp3) is 0.118. The van der Waals surface area contributed by atoms with E-state index in [0.717, 1.165) is 26.4 Å². The van der Waals surface area contributed by atoms with Crippen LogP contribution in [0.1, 0.15) is 11.1 Å². The van der Waals surface area contributed by atoms with Crippen LogP contribution in [0.3, 0.4) is 0 Å². The Kier molecular flexibility index (Phi) is 4.42.